The van der Waals surface area contributed by atoms with Gasteiger partial charge in [-0.15, -0.1) is 11.3 Å². The van der Waals surface area contributed by atoms with Crippen LogP contribution < -0.4 is 29.6 Å². The Morgan fingerprint density at radius 3 is 2.64 bits per heavy atom. The first-order chi connectivity index (χ1) is 13.7. The third-order valence-electron chi connectivity index (χ3n) is 4.00. The molecule has 0 fully saturated rings. The molecule has 0 unspecified atom stereocenters. The summed E-state index contributed by atoms with van der Waals surface area (Å²) < 4.78 is 21.1. The van der Waals surface area contributed by atoms with Crippen molar-refractivity contribution >= 4 is 33.8 Å². The van der Waals surface area contributed by atoms with E-state index in [1.807, 2.05) is 6.07 Å². The lowest BCUT2D eigenvalue weighted by Crippen LogP contribution is -2.12. The Hall–Kier alpha value is -3.46. The molecule has 1 amide bonds. The standard InChI is InChI=1S/C19H17N3O5S/c1-24-14-5-3-12(7-16(14)25-2)21-19-22-13(9-28-19)18(23)20-11-4-6-15-17(8-11)27-10-26-15/h3-9H,10H2,1-2H3,(H,20,23)(H,21,22). The monoisotopic (exact) mass is 399 g/mol. The first-order valence-corrected chi connectivity index (χ1v) is 9.20. The van der Waals surface area contributed by atoms with Gasteiger partial charge in [-0.1, -0.05) is 0 Å². The predicted octanol–water partition coefficient (Wildman–Crippen LogP) is 3.88. The minimum absolute atomic E-state index is 0.185. The van der Waals surface area contributed by atoms with Gasteiger partial charge in [0.1, 0.15) is 5.69 Å². The highest BCUT2D eigenvalue weighted by Gasteiger charge is 2.16. The molecule has 3 aromatic rings. The average molecular weight is 399 g/mol. The quantitative estimate of drug-likeness (QED) is 0.650. The third kappa shape index (κ3) is 3.65. The highest BCUT2D eigenvalue weighted by atomic mass is 32.1. The summed E-state index contributed by atoms with van der Waals surface area (Å²) in [5.74, 6) is 2.19. The first kappa shape index (κ1) is 17.9. The molecule has 2 N–H and O–H groups in total. The molecule has 9 heteroatoms. The number of hydrogen-bond acceptors (Lipinski definition) is 8. The zero-order valence-electron chi connectivity index (χ0n) is 15.1. The van der Waals surface area contributed by atoms with Gasteiger partial charge < -0.3 is 29.6 Å². The van der Waals surface area contributed by atoms with E-state index >= 15 is 0 Å². The molecule has 1 aliphatic heterocycles. The van der Waals surface area contributed by atoms with Gasteiger partial charge in [0, 0.05) is 28.9 Å². The van der Waals surface area contributed by atoms with Gasteiger partial charge in [-0.3, -0.25) is 4.79 Å². The lowest BCUT2D eigenvalue weighted by atomic mass is 10.2. The molecule has 4 rings (SSSR count). The van der Waals surface area contributed by atoms with Crippen LogP contribution in [0.1, 0.15) is 10.5 Å². The number of rotatable bonds is 6. The van der Waals surface area contributed by atoms with Gasteiger partial charge in [-0.05, 0) is 24.3 Å². The van der Waals surface area contributed by atoms with Crippen LogP contribution in [0, 0.1) is 0 Å². The van der Waals surface area contributed by atoms with E-state index in [0.29, 0.717) is 39.5 Å². The molecule has 28 heavy (non-hydrogen) atoms. The number of nitrogens with zero attached hydrogens (tertiary/aromatic N) is 1. The van der Waals surface area contributed by atoms with E-state index in [2.05, 4.69) is 15.6 Å². The molecule has 0 radical (unpaired) electrons. The summed E-state index contributed by atoms with van der Waals surface area (Å²) in [7, 11) is 3.15. The summed E-state index contributed by atoms with van der Waals surface area (Å²) in [5, 5.41) is 8.23. The number of hydrogen-bond donors (Lipinski definition) is 2. The van der Waals surface area contributed by atoms with Crippen LogP contribution in [0.3, 0.4) is 0 Å². The molecule has 8 nitrogen and oxygen atoms in total. The molecule has 1 aliphatic rings. The number of carbonyl (C=O) groups is 1. The smallest absolute Gasteiger partial charge is 0.275 e. The zero-order chi connectivity index (χ0) is 19.5. The van der Waals surface area contributed by atoms with Crippen molar-refractivity contribution in [1.82, 2.24) is 4.98 Å². The second-order valence-electron chi connectivity index (χ2n) is 5.75. The van der Waals surface area contributed by atoms with Crippen LogP contribution in [0.2, 0.25) is 0 Å². The fraction of sp³-hybridized carbons (Fsp3) is 0.158. The van der Waals surface area contributed by atoms with Gasteiger partial charge in [0.15, 0.2) is 28.1 Å². The van der Waals surface area contributed by atoms with Crippen molar-refractivity contribution in [3.05, 3.63) is 47.5 Å². The summed E-state index contributed by atoms with van der Waals surface area (Å²) in [5.41, 5.74) is 1.69. The number of anilines is 3. The van der Waals surface area contributed by atoms with Crippen molar-refractivity contribution in [2.45, 2.75) is 0 Å². The second-order valence-corrected chi connectivity index (χ2v) is 6.61. The van der Waals surface area contributed by atoms with Crippen LogP contribution >= 0.6 is 11.3 Å². The average Bonchev–Trinajstić information content (AvgIpc) is 3.37. The van der Waals surface area contributed by atoms with E-state index in [-0.39, 0.29) is 12.7 Å². The van der Waals surface area contributed by atoms with E-state index in [4.69, 9.17) is 18.9 Å². The van der Waals surface area contributed by atoms with Crippen molar-refractivity contribution in [1.29, 1.82) is 0 Å². The van der Waals surface area contributed by atoms with Crippen LogP contribution in [-0.2, 0) is 0 Å². The Morgan fingerprint density at radius 1 is 1.04 bits per heavy atom. The van der Waals surface area contributed by atoms with Crippen LogP contribution in [0.5, 0.6) is 23.0 Å². The minimum Gasteiger partial charge on any atom is -0.493 e. The normalized spacial score (nSPS) is 11.8. The van der Waals surface area contributed by atoms with Crippen molar-refractivity contribution in [3.63, 3.8) is 0 Å². The number of fused-ring (bicyclic) bond motifs is 1. The summed E-state index contributed by atoms with van der Waals surface area (Å²) in [6.45, 7) is 0.185. The van der Waals surface area contributed by atoms with Crippen molar-refractivity contribution in [2.75, 3.05) is 31.6 Å². The summed E-state index contributed by atoms with van der Waals surface area (Å²) in [6.07, 6.45) is 0. The predicted molar refractivity (Wildman–Crippen MR) is 105 cm³/mol. The molecule has 0 saturated carbocycles. The molecule has 0 atom stereocenters. The molecule has 1 aromatic heterocycles. The number of benzene rings is 2. The third-order valence-corrected chi connectivity index (χ3v) is 4.76. The summed E-state index contributed by atoms with van der Waals surface area (Å²) >= 11 is 1.33. The highest BCUT2D eigenvalue weighted by molar-refractivity contribution is 7.14. The van der Waals surface area contributed by atoms with Crippen molar-refractivity contribution in [3.8, 4) is 23.0 Å². The molecule has 0 bridgehead atoms. The van der Waals surface area contributed by atoms with Gasteiger partial charge in [0.05, 0.1) is 14.2 Å². The van der Waals surface area contributed by atoms with E-state index in [1.54, 1.807) is 49.9 Å². The van der Waals surface area contributed by atoms with Crippen LogP contribution in [-0.4, -0.2) is 31.9 Å². The Labute approximate surface area is 165 Å². The number of aromatic nitrogens is 1. The summed E-state index contributed by atoms with van der Waals surface area (Å²) in [6, 6.07) is 10.7. The Kier molecular flexibility index (Phi) is 4.90. The fourth-order valence-corrected chi connectivity index (χ4v) is 3.35. The Morgan fingerprint density at radius 2 is 1.82 bits per heavy atom. The molecule has 144 valence electrons. The number of carbonyl (C=O) groups excluding carboxylic acids is 1. The minimum atomic E-state index is -0.310. The fourth-order valence-electron chi connectivity index (χ4n) is 2.64. The molecule has 0 spiro atoms. The van der Waals surface area contributed by atoms with E-state index < -0.39 is 0 Å². The first-order valence-electron chi connectivity index (χ1n) is 8.32. The molecule has 0 saturated heterocycles. The number of thiazole rings is 1. The maximum absolute atomic E-state index is 12.5. The largest absolute Gasteiger partial charge is 0.493 e. The van der Waals surface area contributed by atoms with Gasteiger partial charge in [-0.2, -0.15) is 0 Å². The second kappa shape index (κ2) is 7.65. The molecule has 2 aromatic carbocycles. The van der Waals surface area contributed by atoms with Gasteiger partial charge in [0.2, 0.25) is 6.79 Å². The lowest BCUT2D eigenvalue weighted by Gasteiger charge is -2.09. The molecular weight excluding hydrogens is 382 g/mol. The Balaban J connectivity index is 1.44. The SMILES string of the molecule is COc1ccc(Nc2nc(C(=O)Nc3ccc4c(c3)OCO4)cs2)cc1OC. The highest BCUT2D eigenvalue weighted by Crippen LogP contribution is 2.35. The topological polar surface area (TPSA) is 90.9 Å². The molecular formula is C19H17N3O5S. The van der Waals surface area contributed by atoms with Crippen LogP contribution in [0.15, 0.2) is 41.8 Å². The molecule has 0 aliphatic carbocycles. The van der Waals surface area contributed by atoms with Crippen LogP contribution in [0.25, 0.3) is 0 Å². The van der Waals surface area contributed by atoms with Crippen molar-refractivity contribution in [2.24, 2.45) is 0 Å². The Bertz CT molecular complexity index is 1020. The summed E-state index contributed by atoms with van der Waals surface area (Å²) in [4.78, 5) is 16.8. The van der Waals surface area contributed by atoms with Gasteiger partial charge in [0.25, 0.3) is 5.91 Å². The van der Waals surface area contributed by atoms with E-state index in [0.717, 1.165) is 5.69 Å². The maximum atomic E-state index is 12.5. The number of ether oxygens (including phenoxy) is 4. The van der Waals surface area contributed by atoms with Gasteiger partial charge >= 0.3 is 0 Å². The number of amides is 1. The van der Waals surface area contributed by atoms with Crippen molar-refractivity contribution < 1.29 is 23.7 Å². The molecule has 2 heterocycles. The van der Waals surface area contributed by atoms with E-state index in [1.165, 1.54) is 11.3 Å². The zero-order valence-corrected chi connectivity index (χ0v) is 16.0. The number of nitrogens with one attached hydrogen (secondary N) is 2. The maximum Gasteiger partial charge on any atom is 0.275 e. The number of methoxy groups -OCH3 is 2. The van der Waals surface area contributed by atoms with Gasteiger partial charge in [-0.25, -0.2) is 4.98 Å². The van der Waals surface area contributed by atoms with Crippen LogP contribution in [0.4, 0.5) is 16.5 Å². The van der Waals surface area contributed by atoms with E-state index in [9.17, 15) is 4.79 Å². The lowest BCUT2D eigenvalue weighted by molar-refractivity contribution is 0.102.